The van der Waals surface area contributed by atoms with Gasteiger partial charge in [0, 0.05) is 18.0 Å². The molecule has 1 fully saturated rings. The fraction of sp³-hybridized carbons (Fsp3) is 0.500. The lowest BCUT2D eigenvalue weighted by atomic mass is 9.80. The van der Waals surface area contributed by atoms with Gasteiger partial charge in [0.05, 0.1) is 13.2 Å². The summed E-state index contributed by atoms with van der Waals surface area (Å²) in [5, 5.41) is 0. The van der Waals surface area contributed by atoms with Crippen LogP contribution in [0.3, 0.4) is 0 Å². The highest BCUT2D eigenvalue weighted by Gasteiger charge is 2.37. The van der Waals surface area contributed by atoms with E-state index in [2.05, 4.69) is 71.0 Å². The molecule has 3 aliphatic rings. The molecule has 1 heterocycles. The largest absolute Gasteiger partial charge is 0.496 e. The van der Waals surface area contributed by atoms with Gasteiger partial charge in [-0.25, -0.2) is 0 Å². The Hall–Kier alpha value is -2.29. The van der Waals surface area contributed by atoms with Crippen LogP contribution >= 0.6 is 0 Å². The highest BCUT2D eigenvalue weighted by molar-refractivity contribution is 5.86. The van der Waals surface area contributed by atoms with E-state index >= 15 is 0 Å². The van der Waals surface area contributed by atoms with Gasteiger partial charge in [-0.15, -0.1) is 0 Å². The van der Waals surface area contributed by atoms with Gasteiger partial charge in [-0.2, -0.15) is 0 Å². The number of amides is 1. The lowest BCUT2D eigenvalue weighted by molar-refractivity contribution is -0.134. The molecular formula is C26H33NO2. The van der Waals surface area contributed by atoms with Crippen LogP contribution in [0.25, 0.3) is 5.57 Å². The van der Waals surface area contributed by atoms with Gasteiger partial charge in [-0.1, -0.05) is 32.1 Å². The van der Waals surface area contributed by atoms with Crippen LogP contribution < -0.4 is 4.74 Å². The third-order valence-corrected chi connectivity index (χ3v) is 6.59. The molecule has 1 saturated carbocycles. The zero-order valence-electron chi connectivity index (χ0n) is 18.6. The summed E-state index contributed by atoms with van der Waals surface area (Å²) in [6.45, 7) is 10.8. The molecule has 0 radical (unpaired) electrons. The molecule has 1 aliphatic heterocycles. The molecule has 0 spiro atoms. The van der Waals surface area contributed by atoms with Gasteiger partial charge in [0.15, 0.2) is 0 Å². The van der Waals surface area contributed by atoms with Crippen LogP contribution in [-0.2, 0) is 4.79 Å². The molecular weight excluding hydrogens is 358 g/mol. The second kappa shape index (κ2) is 7.19. The summed E-state index contributed by atoms with van der Waals surface area (Å²) in [6.07, 6.45) is 9.94. The minimum Gasteiger partial charge on any atom is -0.496 e. The van der Waals surface area contributed by atoms with Gasteiger partial charge in [-0.05, 0) is 85.4 Å². The number of hydrogen-bond donors (Lipinski definition) is 0. The van der Waals surface area contributed by atoms with Gasteiger partial charge in [0.1, 0.15) is 5.75 Å². The van der Waals surface area contributed by atoms with E-state index in [0.29, 0.717) is 12.3 Å². The highest BCUT2D eigenvalue weighted by atomic mass is 16.5. The SMILES string of the molecule is COc1ccc(C2CC2)cc1C1=CC2C=C(C=C1C)C(C)(C)CC(=O)N2C(C)C. The summed E-state index contributed by atoms with van der Waals surface area (Å²) < 4.78 is 5.75. The van der Waals surface area contributed by atoms with Crippen LogP contribution in [0, 0.1) is 5.41 Å². The van der Waals surface area contributed by atoms with Crippen LogP contribution in [0.1, 0.15) is 70.9 Å². The van der Waals surface area contributed by atoms with Crippen LogP contribution in [0.4, 0.5) is 0 Å². The lowest BCUT2D eigenvalue weighted by Crippen LogP contribution is -2.43. The number of nitrogens with zero attached hydrogens (tertiary/aromatic N) is 1. The topological polar surface area (TPSA) is 29.5 Å². The Labute approximate surface area is 175 Å². The quantitative estimate of drug-likeness (QED) is 0.642. The summed E-state index contributed by atoms with van der Waals surface area (Å²) >= 11 is 0. The van der Waals surface area contributed by atoms with Crippen LogP contribution in [0.5, 0.6) is 5.75 Å². The zero-order valence-corrected chi connectivity index (χ0v) is 18.6. The number of fused-ring (bicyclic) bond motifs is 1. The Kier molecular flexibility index (Phi) is 4.96. The fourth-order valence-corrected chi connectivity index (χ4v) is 4.75. The molecule has 1 aromatic rings. The Balaban J connectivity index is 1.88. The van der Waals surface area contributed by atoms with Crippen molar-refractivity contribution >= 4 is 11.5 Å². The Morgan fingerprint density at radius 2 is 1.90 bits per heavy atom. The first-order valence-corrected chi connectivity index (χ1v) is 10.8. The van der Waals surface area contributed by atoms with Crippen molar-refractivity contribution in [3.63, 3.8) is 0 Å². The molecule has 2 aliphatic carbocycles. The maximum Gasteiger partial charge on any atom is 0.224 e. The summed E-state index contributed by atoms with van der Waals surface area (Å²) in [5.41, 5.74) is 6.02. The average molecular weight is 392 g/mol. The maximum atomic E-state index is 13.1. The van der Waals surface area contributed by atoms with E-state index in [4.69, 9.17) is 4.74 Å². The van der Waals surface area contributed by atoms with Crippen molar-refractivity contribution in [2.24, 2.45) is 5.41 Å². The number of rotatable bonds is 4. The molecule has 2 bridgehead atoms. The Bertz CT molecular complexity index is 928. The van der Waals surface area contributed by atoms with E-state index in [1.165, 1.54) is 35.1 Å². The Morgan fingerprint density at radius 3 is 2.52 bits per heavy atom. The predicted molar refractivity (Wildman–Crippen MR) is 119 cm³/mol. The normalized spacial score (nSPS) is 23.8. The number of ether oxygens (including phenoxy) is 1. The van der Waals surface area contributed by atoms with E-state index in [9.17, 15) is 4.79 Å². The number of allylic oxidation sites excluding steroid dienone is 4. The van der Waals surface area contributed by atoms with Crippen molar-refractivity contribution in [2.45, 2.75) is 71.9 Å². The summed E-state index contributed by atoms with van der Waals surface area (Å²) in [5.74, 6) is 1.81. The Morgan fingerprint density at radius 1 is 1.17 bits per heavy atom. The number of carbonyl (C=O) groups is 1. The van der Waals surface area contributed by atoms with Crippen LogP contribution in [0.2, 0.25) is 0 Å². The lowest BCUT2D eigenvalue weighted by Gasteiger charge is -2.32. The van der Waals surface area contributed by atoms with Gasteiger partial charge in [-0.3, -0.25) is 4.79 Å². The fourth-order valence-electron chi connectivity index (χ4n) is 4.75. The van der Waals surface area contributed by atoms with Crippen molar-refractivity contribution in [2.75, 3.05) is 7.11 Å². The molecule has 3 nitrogen and oxygen atoms in total. The molecule has 1 aromatic carbocycles. The first-order valence-electron chi connectivity index (χ1n) is 10.8. The smallest absolute Gasteiger partial charge is 0.224 e. The molecule has 0 N–H and O–H groups in total. The molecule has 154 valence electrons. The second-order valence-corrected chi connectivity index (χ2v) is 9.71. The monoisotopic (exact) mass is 391 g/mol. The minimum atomic E-state index is -0.177. The van der Waals surface area contributed by atoms with Crippen molar-refractivity contribution in [3.8, 4) is 5.75 Å². The van der Waals surface area contributed by atoms with E-state index in [1.54, 1.807) is 7.11 Å². The molecule has 29 heavy (non-hydrogen) atoms. The van der Waals surface area contributed by atoms with Crippen molar-refractivity contribution in [1.82, 2.24) is 4.90 Å². The van der Waals surface area contributed by atoms with Gasteiger partial charge < -0.3 is 9.64 Å². The van der Waals surface area contributed by atoms with Crippen molar-refractivity contribution < 1.29 is 9.53 Å². The minimum absolute atomic E-state index is 0.0442. The standard InChI is InChI=1S/C26H33NO2/c1-16(2)27-21-13-20(26(4,5)15-25(27)28)11-17(3)22(14-21)23-12-19(18-7-8-18)9-10-24(23)29-6/h9-14,16,18,21H,7-8,15H2,1-6H3. The molecule has 0 saturated heterocycles. The van der Waals surface area contributed by atoms with Crippen LogP contribution in [0.15, 0.2) is 47.6 Å². The predicted octanol–water partition coefficient (Wildman–Crippen LogP) is 5.88. The molecule has 3 heteroatoms. The highest BCUT2D eigenvalue weighted by Crippen LogP contribution is 2.45. The number of carbonyl (C=O) groups excluding carboxylic acids is 1. The summed E-state index contributed by atoms with van der Waals surface area (Å²) in [4.78, 5) is 15.2. The second-order valence-electron chi connectivity index (χ2n) is 9.71. The summed E-state index contributed by atoms with van der Waals surface area (Å²) in [7, 11) is 1.74. The first kappa shape index (κ1) is 20.0. The van der Waals surface area contributed by atoms with Crippen molar-refractivity contribution in [3.05, 3.63) is 58.7 Å². The number of benzene rings is 1. The molecule has 4 rings (SSSR count). The number of methoxy groups -OCH3 is 1. The molecule has 1 unspecified atom stereocenters. The maximum absolute atomic E-state index is 13.1. The van der Waals surface area contributed by atoms with E-state index in [1.807, 2.05) is 4.90 Å². The van der Waals surface area contributed by atoms with Gasteiger partial charge in [0.25, 0.3) is 0 Å². The summed E-state index contributed by atoms with van der Waals surface area (Å²) in [6, 6.07) is 6.71. The number of hydrogen-bond acceptors (Lipinski definition) is 2. The van der Waals surface area contributed by atoms with E-state index < -0.39 is 0 Å². The molecule has 0 aromatic heterocycles. The third-order valence-electron chi connectivity index (χ3n) is 6.59. The van der Waals surface area contributed by atoms with Crippen LogP contribution in [-0.4, -0.2) is 30.0 Å². The first-order chi connectivity index (χ1) is 13.7. The van der Waals surface area contributed by atoms with Crippen molar-refractivity contribution in [1.29, 1.82) is 0 Å². The van der Waals surface area contributed by atoms with E-state index in [-0.39, 0.29) is 23.4 Å². The van der Waals surface area contributed by atoms with Gasteiger partial charge in [0.2, 0.25) is 5.91 Å². The molecule has 1 amide bonds. The average Bonchev–Trinajstić information content (AvgIpc) is 3.49. The third kappa shape index (κ3) is 3.68. The van der Waals surface area contributed by atoms with E-state index in [0.717, 1.165) is 11.3 Å². The van der Waals surface area contributed by atoms with Gasteiger partial charge >= 0.3 is 0 Å². The zero-order chi connectivity index (χ0) is 20.9. The molecule has 1 atom stereocenters.